The van der Waals surface area contributed by atoms with Gasteiger partial charge in [0, 0.05) is 24.5 Å². The molecule has 0 spiro atoms. The number of aliphatic hydroxyl groups excluding tert-OH is 1. The predicted octanol–water partition coefficient (Wildman–Crippen LogP) is 1.60. The predicted molar refractivity (Wildman–Crippen MR) is 108 cm³/mol. The van der Waals surface area contributed by atoms with E-state index in [-0.39, 0.29) is 36.2 Å². The molecule has 1 aromatic carbocycles. The van der Waals surface area contributed by atoms with Crippen molar-refractivity contribution in [3.05, 3.63) is 60.6 Å². The minimum absolute atomic E-state index is 0.0692. The molecule has 0 saturated carbocycles. The number of ether oxygens (including phenoxy) is 1. The zero-order valence-electron chi connectivity index (χ0n) is 16.8. The normalized spacial score (nSPS) is 21.0. The van der Waals surface area contributed by atoms with E-state index in [0.717, 1.165) is 12.0 Å². The number of carbonyl (C=O) groups is 1. The molecule has 2 N–H and O–H groups in total. The van der Waals surface area contributed by atoms with Gasteiger partial charge in [0.2, 0.25) is 0 Å². The van der Waals surface area contributed by atoms with Crippen LogP contribution in [0, 0.1) is 5.82 Å². The Morgan fingerprint density at radius 1 is 1.26 bits per heavy atom. The van der Waals surface area contributed by atoms with Crippen molar-refractivity contribution in [1.29, 1.82) is 0 Å². The number of carbonyl (C=O) groups excluding carboxylic acids is 1. The van der Waals surface area contributed by atoms with Gasteiger partial charge in [-0.3, -0.25) is 14.5 Å². The zero-order valence-corrected chi connectivity index (χ0v) is 16.8. The van der Waals surface area contributed by atoms with Gasteiger partial charge in [-0.2, -0.15) is 0 Å². The number of aromatic nitrogens is 5. The first kappa shape index (κ1) is 21.0. The first-order valence-corrected chi connectivity index (χ1v) is 10.1. The average Bonchev–Trinajstić information content (AvgIpc) is 3.28. The number of benzene rings is 1. The van der Waals surface area contributed by atoms with Crippen molar-refractivity contribution in [3.8, 4) is 11.3 Å². The van der Waals surface area contributed by atoms with E-state index in [1.807, 2.05) is 6.20 Å². The third-order valence-electron chi connectivity index (χ3n) is 5.27. The van der Waals surface area contributed by atoms with E-state index in [9.17, 15) is 14.3 Å². The summed E-state index contributed by atoms with van der Waals surface area (Å²) in [4.78, 5) is 20.2. The highest BCUT2D eigenvalue weighted by atomic mass is 19.1. The topological polar surface area (TPSA) is 115 Å². The second kappa shape index (κ2) is 9.71. The highest BCUT2D eigenvalue weighted by Gasteiger charge is 2.32. The maximum Gasteiger partial charge on any atom is 0.271 e. The Labute approximate surface area is 178 Å². The maximum atomic E-state index is 13.1. The third-order valence-corrected chi connectivity index (χ3v) is 5.27. The Hall–Kier alpha value is -3.24. The summed E-state index contributed by atoms with van der Waals surface area (Å²) in [6.45, 7) is 0.396. The summed E-state index contributed by atoms with van der Waals surface area (Å²) in [6.07, 6.45) is 7.70. The molecule has 9 nitrogen and oxygen atoms in total. The summed E-state index contributed by atoms with van der Waals surface area (Å²) in [5.41, 5.74) is 1.69. The lowest BCUT2D eigenvalue weighted by Gasteiger charge is -2.36. The molecule has 3 heterocycles. The number of aliphatic hydroxyl groups is 1. The summed E-state index contributed by atoms with van der Waals surface area (Å²) in [7, 11) is 0. The number of nitrogens with one attached hydrogen (secondary N) is 1. The van der Waals surface area contributed by atoms with Crippen LogP contribution in [0.1, 0.15) is 29.8 Å². The van der Waals surface area contributed by atoms with Gasteiger partial charge in [-0.1, -0.05) is 5.21 Å². The molecule has 3 atom stereocenters. The summed E-state index contributed by atoms with van der Waals surface area (Å²) >= 11 is 0. The molecule has 3 aromatic rings. The lowest BCUT2D eigenvalue weighted by molar-refractivity contribution is -0.0912. The number of nitrogens with zero attached hydrogens (tertiary/aromatic N) is 5. The van der Waals surface area contributed by atoms with E-state index in [4.69, 9.17) is 4.74 Å². The van der Waals surface area contributed by atoms with E-state index >= 15 is 0 Å². The van der Waals surface area contributed by atoms with Crippen LogP contribution in [0.5, 0.6) is 0 Å². The molecule has 1 fully saturated rings. The minimum Gasteiger partial charge on any atom is -0.394 e. The van der Waals surface area contributed by atoms with Gasteiger partial charge in [-0.15, -0.1) is 5.10 Å². The summed E-state index contributed by atoms with van der Waals surface area (Å²) < 4.78 is 20.8. The van der Waals surface area contributed by atoms with Crippen LogP contribution in [-0.4, -0.2) is 60.8 Å². The van der Waals surface area contributed by atoms with Gasteiger partial charge in [-0.25, -0.2) is 9.37 Å². The number of hydrogen-bond donors (Lipinski definition) is 2. The molecule has 1 aliphatic rings. The molecule has 0 bridgehead atoms. The smallest absolute Gasteiger partial charge is 0.271 e. The van der Waals surface area contributed by atoms with Gasteiger partial charge in [-0.05, 0) is 43.5 Å². The maximum absolute atomic E-state index is 13.1. The van der Waals surface area contributed by atoms with E-state index < -0.39 is 6.10 Å². The van der Waals surface area contributed by atoms with E-state index in [0.29, 0.717) is 25.1 Å². The van der Waals surface area contributed by atoms with Crippen molar-refractivity contribution in [2.24, 2.45) is 0 Å². The van der Waals surface area contributed by atoms with Crippen LogP contribution in [0.3, 0.4) is 0 Å². The Kier molecular flexibility index (Phi) is 6.58. The van der Waals surface area contributed by atoms with Crippen molar-refractivity contribution in [2.45, 2.75) is 44.1 Å². The molecule has 0 unspecified atom stereocenters. The molecule has 1 saturated heterocycles. The van der Waals surface area contributed by atoms with Crippen LogP contribution in [0.15, 0.2) is 49.1 Å². The number of halogens is 1. The van der Waals surface area contributed by atoms with Crippen molar-refractivity contribution < 1.29 is 19.0 Å². The van der Waals surface area contributed by atoms with Gasteiger partial charge >= 0.3 is 0 Å². The van der Waals surface area contributed by atoms with E-state index in [1.54, 1.807) is 16.8 Å². The summed E-state index contributed by atoms with van der Waals surface area (Å²) in [5.74, 6) is -0.634. The van der Waals surface area contributed by atoms with Crippen molar-refractivity contribution in [1.82, 2.24) is 30.3 Å². The monoisotopic (exact) mass is 426 g/mol. The van der Waals surface area contributed by atoms with Gasteiger partial charge in [0.1, 0.15) is 23.3 Å². The largest absolute Gasteiger partial charge is 0.394 e. The third kappa shape index (κ3) is 5.28. The van der Waals surface area contributed by atoms with E-state index in [2.05, 4.69) is 25.6 Å². The van der Waals surface area contributed by atoms with Crippen LogP contribution in [0.25, 0.3) is 11.3 Å². The molecule has 31 heavy (non-hydrogen) atoms. The molecule has 0 radical (unpaired) electrons. The van der Waals surface area contributed by atoms with Crippen LogP contribution < -0.4 is 5.32 Å². The van der Waals surface area contributed by atoms with Gasteiger partial charge < -0.3 is 15.2 Å². The van der Waals surface area contributed by atoms with Crippen LogP contribution >= 0.6 is 0 Å². The van der Waals surface area contributed by atoms with Crippen molar-refractivity contribution in [3.63, 3.8) is 0 Å². The second-order valence-corrected chi connectivity index (χ2v) is 7.39. The molecule has 1 amide bonds. The molecule has 1 aliphatic heterocycles. The second-order valence-electron chi connectivity index (χ2n) is 7.39. The van der Waals surface area contributed by atoms with E-state index in [1.165, 1.54) is 30.7 Å². The Morgan fingerprint density at radius 2 is 2.10 bits per heavy atom. The molecule has 10 heteroatoms. The van der Waals surface area contributed by atoms with Gasteiger partial charge in [0.05, 0.1) is 31.1 Å². The fraction of sp³-hybridized carbons (Fsp3) is 0.381. The highest BCUT2D eigenvalue weighted by molar-refractivity contribution is 5.92. The first-order chi connectivity index (χ1) is 15.1. The fourth-order valence-electron chi connectivity index (χ4n) is 3.60. The molecule has 0 aliphatic carbocycles. The Morgan fingerprint density at radius 3 is 2.84 bits per heavy atom. The molecule has 162 valence electrons. The molecular formula is C21H23FN6O3. The van der Waals surface area contributed by atoms with Gasteiger partial charge in [0.15, 0.2) is 0 Å². The van der Waals surface area contributed by atoms with Crippen LogP contribution in [-0.2, 0) is 11.3 Å². The van der Waals surface area contributed by atoms with Crippen LogP contribution in [0.2, 0.25) is 0 Å². The standard InChI is InChI=1S/C21H23FN6O3/c22-15-3-1-14(2-4-15)19-12-28(27-26-19)10-7-16-5-6-17(20(13-29)31-16)25-21(30)18-11-23-8-9-24-18/h1-4,8-9,11-12,16-17,20,29H,5-7,10,13H2,(H,25,30)/t16-,17-,20-/m0/s1. The van der Waals surface area contributed by atoms with Crippen molar-refractivity contribution in [2.75, 3.05) is 6.61 Å². The minimum atomic E-state index is -0.495. The molecule has 2 aromatic heterocycles. The fourth-order valence-corrected chi connectivity index (χ4v) is 3.60. The zero-order chi connectivity index (χ0) is 21.6. The lowest BCUT2D eigenvalue weighted by atomic mass is 9.97. The number of rotatable bonds is 7. The summed E-state index contributed by atoms with van der Waals surface area (Å²) in [5, 5.41) is 20.9. The number of amides is 1. The molecular weight excluding hydrogens is 403 g/mol. The number of aryl methyl sites for hydroxylation is 1. The van der Waals surface area contributed by atoms with Gasteiger partial charge in [0.25, 0.3) is 5.91 Å². The lowest BCUT2D eigenvalue weighted by Crippen LogP contribution is -2.51. The Bertz CT molecular complexity index is 998. The molecule has 4 rings (SSSR count). The average molecular weight is 426 g/mol. The number of hydrogen-bond acceptors (Lipinski definition) is 7. The first-order valence-electron chi connectivity index (χ1n) is 10.1. The van der Waals surface area contributed by atoms with Crippen molar-refractivity contribution >= 4 is 5.91 Å². The summed E-state index contributed by atoms with van der Waals surface area (Å²) in [6, 6.07) is 5.80. The Balaban J connectivity index is 1.29. The highest BCUT2D eigenvalue weighted by Crippen LogP contribution is 2.23. The quantitative estimate of drug-likeness (QED) is 0.590. The van der Waals surface area contributed by atoms with Crippen LogP contribution in [0.4, 0.5) is 4.39 Å². The SMILES string of the molecule is O=C(N[C@H]1CC[C@@H](CCn2cc(-c3ccc(F)cc3)nn2)O[C@H]1CO)c1cnccn1.